The maximum Gasteiger partial charge on any atom is 0.309 e. The van der Waals surface area contributed by atoms with Crippen LogP contribution in [0.5, 0.6) is 0 Å². The highest BCUT2D eigenvalue weighted by Gasteiger charge is 2.69. The van der Waals surface area contributed by atoms with Gasteiger partial charge in [-0.05, 0) is 86.7 Å². The Morgan fingerprint density at radius 2 is 1.78 bits per heavy atom. The van der Waals surface area contributed by atoms with Gasteiger partial charge in [-0.25, -0.2) is 0 Å². The molecule has 1 aliphatic heterocycles. The number of esters is 1. The van der Waals surface area contributed by atoms with Gasteiger partial charge in [-0.1, -0.05) is 34.1 Å². The van der Waals surface area contributed by atoms with Crippen LogP contribution in [0.4, 0.5) is 0 Å². The number of carbonyl (C=O) groups is 2. The fourth-order valence-electron chi connectivity index (χ4n) is 9.38. The predicted octanol–water partition coefficient (Wildman–Crippen LogP) is 2.92. The van der Waals surface area contributed by atoms with Crippen molar-refractivity contribution in [2.75, 3.05) is 0 Å². The largest absolute Gasteiger partial charge is 0.459 e. The van der Waals surface area contributed by atoms with Crippen LogP contribution in [0.1, 0.15) is 86.0 Å². The number of fused-ring (bicyclic) bond motifs is 5. The normalized spacial score (nSPS) is 52.4. The Kier molecular flexibility index (Phi) is 6.11. The van der Waals surface area contributed by atoms with E-state index in [-0.39, 0.29) is 47.8 Å². The van der Waals surface area contributed by atoms with Gasteiger partial charge in [-0.2, -0.15) is 0 Å². The summed E-state index contributed by atoms with van der Waals surface area (Å²) in [4.78, 5) is 26.0. The zero-order valence-corrected chi connectivity index (χ0v) is 22.4. The fourth-order valence-corrected chi connectivity index (χ4v) is 9.38. The summed E-state index contributed by atoms with van der Waals surface area (Å²) >= 11 is 0. The Labute approximate surface area is 214 Å². The standard InChI is InChI=1S/C29H44O7/c1-6-16-11-24(36-25(33)15(16)2)28(5,34)23-8-10-29(35)18-12-20(30)19-13-21(31)22(32)14-26(19,3)17(18)7-9-27(23,29)4/h12,15-17,19,21-24,31-32,34-35H,6-11,13-14H2,1-5H3/t15?,16?,17-,19-,21+,22-,23-,24+,26+,27+,28+,29+/m0/s1. The molecule has 1 saturated heterocycles. The van der Waals surface area contributed by atoms with E-state index >= 15 is 0 Å². The number of rotatable bonds is 3. The van der Waals surface area contributed by atoms with E-state index in [1.807, 2.05) is 20.8 Å². The van der Waals surface area contributed by atoms with Gasteiger partial charge in [0.25, 0.3) is 0 Å². The van der Waals surface area contributed by atoms with Gasteiger partial charge in [0, 0.05) is 11.3 Å². The number of cyclic esters (lactones) is 1. The second-order valence-electron chi connectivity index (χ2n) is 13.4. The number of hydrogen-bond acceptors (Lipinski definition) is 7. The highest BCUT2D eigenvalue weighted by atomic mass is 16.6. The molecule has 5 rings (SSSR count). The summed E-state index contributed by atoms with van der Waals surface area (Å²) in [6, 6.07) is 0. The van der Waals surface area contributed by atoms with Gasteiger partial charge in [0.05, 0.1) is 23.7 Å². The van der Waals surface area contributed by atoms with E-state index in [1.165, 1.54) is 0 Å². The Bertz CT molecular complexity index is 973. The van der Waals surface area contributed by atoms with E-state index in [0.29, 0.717) is 32.1 Å². The van der Waals surface area contributed by atoms with Crippen LogP contribution >= 0.6 is 0 Å². The lowest BCUT2D eigenvalue weighted by molar-refractivity contribution is -0.207. The molecule has 0 spiro atoms. The second kappa shape index (κ2) is 8.36. The number of ketones is 1. The molecule has 36 heavy (non-hydrogen) atoms. The molecule has 0 aromatic rings. The smallest absolute Gasteiger partial charge is 0.309 e. The molecular weight excluding hydrogens is 460 g/mol. The molecule has 2 unspecified atom stereocenters. The summed E-state index contributed by atoms with van der Waals surface area (Å²) in [7, 11) is 0. The molecule has 3 saturated carbocycles. The third-order valence-corrected chi connectivity index (χ3v) is 11.9. The average Bonchev–Trinajstić information content (AvgIpc) is 3.09. The van der Waals surface area contributed by atoms with Gasteiger partial charge in [-0.3, -0.25) is 9.59 Å². The lowest BCUT2D eigenvalue weighted by Crippen LogP contribution is -2.63. The molecule has 4 fully saturated rings. The first kappa shape index (κ1) is 26.3. The van der Waals surface area contributed by atoms with Crippen LogP contribution < -0.4 is 0 Å². The van der Waals surface area contributed by atoms with Gasteiger partial charge in [-0.15, -0.1) is 0 Å². The van der Waals surface area contributed by atoms with Crippen molar-refractivity contribution in [3.8, 4) is 0 Å². The van der Waals surface area contributed by atoms with Crippen LogP contribution in [0.25, 0.3) is 0 Å². The highest BCUT2D eigenvalue weighted by Crippen LogP contribution is 2.68. The minimum atomic E-state index is -1.31. The average molecular weight is 505 g/mol. The zero-order valence-electron chi connectivity index (χ0n) is 22.4. The van der Waals surface area contributed by atoms with Crippen LogP contribution in [0.3, 0.4) is 0 Å². The van der Waals surface area contributed by atoms with Crippen molar-refractivity contribution in [2.45, 2.75) is 115 Å². The molecule has 4 N–H and O–H groups in total. The summed E-state index contributed by atoms with van der Waals surface area (Å²) in [5.41, 5.74) is -3.05. The van der Waals surface area contributed by atoms with Crippen molar-refractivity contribution in [2.24, 2.45) is 40.4 Å². The number of ether oxygens (including phenoxy) is 1. The summed E-state index contributed by atoms with van der Waals surface area (Å²) < 4.78 is 5.81. The molecular formula is C29H44O7. The monoisotopic (exact) mass is 504 g/mol. The van der Waals surface area contributed by atoms with E-state index in [2.05, 4.69) is 6.92 Å². The molecule has 0 aromatic heterocycles. The minimum absolute atomic E-state index is 0.0676. The van der Waals surface area contributed by atoms with Crippen molar-refractivity contribution in [1.82, 2.24) is 0 Å². The molecule has 7 heteroatoms. The van der Waals surface area contributed by atoms with Gasteiger partial charge < -0.3 is 25.2 Å². The number of hydrogen-bond donors (Lipinski definition) is 4. The van der Waals surface area contributed by atoms with Crippen molar-refractivity contribution in [3.05, 3.63) is 11.6 Å². The summed E-state index contributed by atoms with van der Waals surface area (Å²) in [6.07, 6.45) is 3.62. The summed E-state index contributed by atoms with van der Waals surface area (Å²) in [5.74, 6) is -1.13. The van der Waals surface area contributed by atoms with E-state index < -0.39 is 40.3 Å². The molecule has 12 atom stereocenters. The van der Waals surface area contributed by atoms with Gasteiger partial charge in [0.15, 0.2) is 5.78 Å². The first-order valence-electron chi connectivity index (χ1n) is 14.0. The molecule has 7 nitrogen and oxygen atoms in total. The number of allylic oxidation sites excluding steroid dienone is 1. The lowest BCUT2D eigenvalue weighted by Gasteiger charge is -2.61. The SMILES string of the molecule is CCC1C[C@H]([C@](C)(O)[C@H]2CC[C@@]3(O)C4=CC(=O)[C@@H]5C[C@@H](O)[C@@H](O)C[C@]5(C)[C@H]4CC[C@]23C)OC(=O)C1C. The van der Waals surface area contributed by atoms with Gasteiger partial charge in [0.1, 0.15) is 11.7 Å². The first-order valence-corrected chi connectivity index (χ1v) is 14.0. The Hall–Kier alpha value is -1.28. The quantitative estimate of drug-likeness (QED) is 0.436. The maximum absolute atomic E-state index is 13.4. The third-order valence-electron chi connectivity index (χ3n) is 11.9. The Morgan fingerprint density at radius 3 is 2.44 bits per heavy atom. The van der Waals surface area contributed by atoms with Gasteiger partial charge >= 0.3 is 5.97 Å². The maximum atomic E-state index is 13.4. The first-order chi connectivity index (χ1) is 16.7. The van der Waals surface area contributed by atoms with Crippen LogP contribution in [0.2, 0.25) is 0 Å². The van der Waals surface area contributed by atoms with Crippen LogP contribution in [0, 0.1) is 40.4 Å². The molecule has 0 bridgehead atoms. The van der Waals surface area contributed by atoms with Crippen molar-refractivity contribution < 1.29 is 34.8 Å². The lowest BCUT2D eigenvalue weighted by atomic mass is 9.45. The van der Waals surface area contributed by atoms with Gasteiger partial charge in [0.2, 0.25) is 0 Å². The topological polar surface area (TPSA) is 124 Å². The van der Waals surface area contributed by atoms with Crippen LogP contribution in [0.15, 0.2) is 11.6 Å². The number of carbonyl (C=O) groups excluding carboxylic acids is 2. The summed E-state index contributed by atoms with van der Waals surface area (Å²) in [6.45, 7) is 9.77. The van der Waals surface area contributed by atoms with Crippen molar-refractivity contribution >= 4 is 11.8 Å². The zero-order chi connectivity index (χ0) is 26.4. The molecule has 0 amide bonds. The van der Waals surface area contributed by atoms with E-state index in [0.717, 1.165) is 18.4 Å². The molecule has 4 aliphatic carbocycles. The summed E-state index contributed by atoms with van der Waals surface area (Å²) in [5, 5.41) is 45.2. The molecule has 5 aliphatic rings. The third kappa shape index (κ3) is 3.38. The predicted molar refractivity (Wildman–Crippen MR) is 133 cm³/mol. The highest BCUT2D eigenvalue weighted by molar-refractivity contribution is 5.95. The number of aliphatic hydroxyl groups excluding tert-OH is 2. The van der Waals surface area contributed by atoms with E-state index in [4.69, 9.17) is 4.74 Å². The minimum Gasteiger partial charge on any atom is -0.459 e. The molecule has 0 aromatic carbocycles. The van der Waals surface area contributed by atoms with E-state index in [9.17, 15) is 30.0 Å². The van der Waals surface area contributed by atoms with Crippen molar-refractivity contribution in [1.29, 1.82) is 0 Å². The van der Waals surface area contributed by atoms with Crippen molar-refractivity contribution in [3.63, 3.8) is 0 Å². The van der Waals surface area contributed by atoms with Crippen LogP contribution in [-0.2, 0) is 14.3 Å². The Balaban J connectivity index is 1.49. The molecule has 202 valence electrons. The Morgan fingerprint density at radius 1 is 1.08 bits per heavy atom. The number of aliphatic hydroxyl groups is 4. The molecule has 1 heterocycles. The van der Waals surface area contributed by atoms with E-state index in [1.54, 1.807) is 13.0 Å². The van der Waals surface area contributed by atoms with Crippen LogP contribution in [-0.4, -0.2) is 61.7 Å². The second-order valence-corrected chi connectivity index (χ2v) is 13.4. The molecule has 0 radical (unpaired) electrons. The fraction of sp³-hybridized carbons (Fsp3) is 0.862.